The van der Waals surface area contributed by atoms with E-state index in [1.807, 2.05) is 26.0 Å². The normalized spacial score (nSPS) is 21.0. The third kappa shape index (κ3) is 3.72. The van der Waals surface area contributed by atoms with Gasteiger partial charge in [0.05, 0.1) is 12.3 Å². The average Bonchev–Trinajstić information content (AvgIpc) is 2.92. The van der Waals surface area contributed by atoms with Crippen molar-refractivity contribution in [1.82, 2.24) is 0 Å². The number of ether oxygens (including phenoxy) is 2. The fourth-order valence-corrected chi connectivity index (χ4v) is 2.23. The molecule has 21 heavy (non-hydrogen) atoms. The molecule has 2 atom stereocenters. The monoisotopic (exact) mass is 293 g/mol. The maximum absolute atomic E-state index is 12.1. The molecule has 1 fully saturated rings. The van der Waals surface area contributed by atoms with E-state index in [2.05, 4.69) is 5.32 Å². The number of aliphatic carboxylic acids is 1. The average molecular weight is 293 g/mol. The Bertz CT molecular complexity index is 543. The Kier molecular flexibility index (Phi) is 4.80. The number of benzene rings is 1. The number of anilines is 1. The SMILES string of the molecule is CCOc1cc(C)ccc1NC(=O)[C@@H]1CC[C@H](C(=O)O)O1. The molecule has 1 aromatic rings. The predicted octanol–water partition coefficient (Wildman–Crippen LogP) is 1.96. The lowest BCUT2D eigenvalue weighted by atomic mass is 10.1. The third-order valence-corrected chi connectivity index (χ3v) is 3.28. The fourth-order valence-electron chi connectivity index (χ4n) is 2.23. The largest absolute Gasteiger partial charge is 0.492 e. The van der Waals surface area contributed by atoms with Gasteiger partial charge in [-0.3, -0.25) is 4.79 Å². The number of nitrogens with one attached hydrogen (secondary N) is 1. The highest BCUT2D eigenvalue weighted by Crippen LogP contribution is 2.27. The first kappa shape index (κ1) is 15.3. The summed E-state index contributed by atoms with van der Waals surface area (Å²) in [6, 6.07) is 5.48. The van der Waals surface area contributed by atoms with Crippen LogP contribution in [0.1, 0.15) is 25.3 Å². The standard InChI is InChI=1S/C15H19NO5/c1-3-20-13-8-9(2)4-5-10(13)16-14(17)11-6-7-12(21-11)15(18)19/h4-5,8,11-12H,3,6-7H2,1-2H3,(H,16,17)(H,18,19)/t11-,12+/m0/s1. The Hall–Kier alpha value is -2.08. The lowest BCUT2D eigenvalue weighted by Gasteiger charge is -2.15. The van der Waals surface area contributed by atoms with Gasteiger partial charge in [0, 0.05) is 0 Å². The van der Waals surface area contributed by atoms with Gasteiger partial charge in [-0.2, -0.15) is 0 Å². The predicted molar refractivity (Wildman–Crippen MR) is 76.5 cm³/mol. The number of rotatable bonds is 5. The summed E-state index contributed by atoms with van der Waals surface area (Å²) >= 11 is 0. The van der Waals surface area contributed by atoms with Gasteiger partial charge in [-0.25, -0.2) is 4.79 Å². The zero-order valence-corrected chi connectivity index (χ0v) is 12.1. The summed E-state index contributed by atoms with van der Waals surface area (Å²) < 4.78 is 10.7. The number of carbonyl (C=O) groups is 2. The number of hydrogen-bond donors (Lipinski definition) is 2. The molecule has 0 unspecified atom stereocenters. The van der Waals surface area contributed by atoms with Crippen LogP contribution in [0.25, 0.3) is 0 Å². The Morgan fingerprint density at radius 3 is 2.71 bits per heavy atom. The second kappa shape index (κ2) is 6.58. The Morgan fingerprint density at radius 1 is 1.38 bits per heavy atom. The molecule has 0 bridgehead atoms. The van der Waals surface area contributed by atoms with Crippen molar-refractivity contribution < 1.29 is 24.2 Å². The molecule has 1 aliphatic heterocycles. The highest BCUT2D eigenvalue weighted by molar-refractivity contribution is 5.96. The first-order valence-corrected chi connectivity index (χ1v) is 6.94. The second-order valence-electron chi connectivity index (χ2n) is 4.95. The summed E-state index contributed by atoms with van der Waals surface area (Å²) in [4.78, 5) is 23.0. The van der Waals surface area contributed by atoms with Gasteiger partial charge >= 0.3 is 5.97 Å². The van der Waals surface area contributed by atoms with Crippen molar-refractivity contribution >= 4 is 17.6 Å². The van der Waals surface area contributed by atoms with Gasteiger partial charge in [-0.05, 0) is 44.4 Å². The minimum Gasteiger partial charge on any atom is -0.492 e. The van der Waals surface area contributed by atoms with Crippen LogP contribution >= 0.6 is 0 Å². The summed E-state index contributed by atoms with van der Waals surface area (Å²) in [6.45, 7) is 4.30. The van der Waals surface area contributed by atoms with Gasteiger partial charge in [0.15, 0.2) is 6.10 Å². The van der Waals surface area contributed by atoms with Gasteiger partial charge in [-0.15, -0.1) is 0 Å². The van der Waals surface area contributed by atoms with Crippen LogP contribution in [-0.4, -0.2) is 35.8 Å². The van der Waals surface area contributed by atoms with Crippen molar-refractivity contribution in [3.8, 4) is 5.75 Å². The molecule has 0 spiro atoms. The summed E-state index contributed by atoms with van der Waals surface area (Å²) in [6.07, 6.45) is -0.884. The van der Waals surface area contributed by atoms with E-state index in [0.29, 0.717) is 30.9 Å². The molecule has 0 aliphatic carbocycles. The molecule has 1 heterocycles. The molecule has 1 amide bonds. The second-order valence-corrected chi connectivity index (χ2v) is 4.95. The van der Waals surface area contributed by atoms with E-state index >= 15 is 0 Å². The maximum atomic E-state index is 12.1. The number of carbonyl (C=O) groups excluding carboxylic acids is 1. The van der Waals surface area contributed by atoms with Crippen LogP contribution in [0.3, 0.4) is 0 Å². The molecule has 2 N–H and O–H groups in total. The summed E-state index contributed by atoms with van der Waals surface area (Å²) in [5.74, 6) is -0.780. The van der Waals surface area contributed by atoms with Crippen molar-refractivity contribution in [2.45, 2.75) is 38.9 Å². The van der Waals surface area contributed by atoms with E-state index in [9.17, 15) is 9.59 Å². The maximum Gasteiger partial charge on any atom is 0.332 e. The van der Waals surface area contributed by atoms with Crippen LogP contribution in [0.5, 0.6) is 5.75 Å². The lowest BCUT2D eigenvalue weighted by molar-refractivity contribution is -0.150. The topological polar surface area (TPSA) is 84.9 Å². The fraction of sp³-hybridized carbons (Fsp3) is 0.467. The molecule has 114 valence electrons. The van der Waals surface area contributed by atoms with E-state index in [-0.39, 0.29) is 5.91 Å². The quantitative estimate of drug-likeness (QED) is 0.867. The molecule has 0 aromatic heterocycles. The smallest absolute Gasteiger partial charge is 0.332 e. The molecule has 6 nitrogen and oxygen atoms in total. The van der Waals surface area contributed by atoms with E-state index in [0.717, 1.165) is 5.56 Å². The zero-order chi connectivity index (χ0) is 15.4. The van der Waals surface area contributed by atoms with Crippen LogP contribution in [0.4, 0.5) is 5.69 Å². The van der Waals surface area contributed by atoms with E-state index in [4.69, 9.17) is 14.6 Å². The van der Waals surface area contributed by atoms with E-state index in [1.165, 1.54) is 0 Å². The van der Waals surface area contributed by atoms with Crippen LogP contribution < -0.4 is 10.1 Å². The first-order chi connectivity index (χ1) is 10.0. The Labute approximate surface area is 123 Å². The zero-order valence-electron chi connectivity index (χ0n) is 12.1. The van der Waals surface area contributed by atoms with Crippen molar-refractivity contribution in [1.29, 1.82) is 0 Å². The van der Waals surface area contributed by atoms with Gasteiger partial charge in [0.2, 0.25) is 0 Å². The Morgan fingerprint density at radius 2 is 2.10 bits per heavy atom. The molecular weight excluding hydrogens is 274 g/mol. The van der Waals surface area contributed by atoms with Crippen LogP contribution in [0, 0.1) is 6.92 Å². The van der Waals surface area contributed by atoms with Crippen LogP contribution in [0.15, 0.2) is 18.2 Å². The number of carboxylic acids is 1. The number of hydrogen-bond acceptors (Lipinski definition) is 4. The third-order valence-electron chi connectivity index (χ3n) is 3.28. The van der Waals surface area contributed by atoms with Gasteiger partial charge in [0.25, 0.3) is 5.91 Å². The molecular formula is C15H19NO5. The van der Waals surface area contributed by atoms with Crippen LogP contribution in [0.2, 0.25) is 0 Å². The van der Waals surface area contributed by atoms with Crippen molar-refractivity contribution in [2.75, 3.05) is 11.9 Å². The molecule has 6 heteroatoms. The molecule has 1 aromatic carbocycles. The van der Waals surface area contributed by atoms with Gasteiger partial charge in [0.1, 0.15) is 11.9 Å². The van der Waals surface area contributed by atoms with E-state index < -0.39 is 18.2 Å². The molecule has 2 rings (SSSR count). The Balaban J connectivity index is 2.05. The van der Waals surface area contributed by atoms with E-state index in [1.54, 1.807) is 6.07 Å². The summed E-state index contributed by atoms with van der Waals surface area (Å²) in [5.41, 5.74) is 1.59. The van der Waals surface area contributed by atoms with Crippen molar-refractivity contribution in [3.63, 3.8) is 0 Å². The number of aryl methyl sites for hydroxylation is 1. The first-order valence-electron chi connectivity index (χ1n) is 6.94. The molecule has 0 saturated carbocycles. The molecule has 1 saturated heterocycles. The van der Waals surface area contributed by atoms with Crippen LogP contribution in [-0.2, 0) is 14.3 Å². The van der Waals surface area contributed by atoms with Crippen molar-refractivity contribution in [2.24, 2.45) is 0 Å². The highest BCUT2D eigenvalue weighted by Gasteiger charge is 2.34. The summed E-state index contributed by atoms with van der Waals surface area (Å²) in [7, 11) is 0. The molecule has 0 radical (unpaired) electrons. The number of carboxylic acid groups (broad SMARTS) is 1. The highest BCUT2D eigenvalue weighted by atomic mass is 16.5. The molecule has 1 aliphatic rings. The van der Waals surface area contributed by atoms with Gasteiger partial charge in [-0.1, -0.05) is 6.07 Å². The summed E-state index contributed by atoms with van der Waals surface area (Å²) in [5, 5.41) is 11.6. The number of amides is 1. The van der Waals surface area contributed by atoms with Crippen molar-refractivity contribution in [3.05, 3.63) is 23.8 Å². The van der Waals surface area contributed by atoms with Gasteiger partial charge < -0.3 is 19.9 Å². The minimum absolute atomic E-state index is 0.344. The lowest BCUT2D eigenvalue weighted by Crippen LogP contribution is -2.30. The minimum atomic E-state index is -1.03.